The Morgan fingerprint density at radius 1 is 1.18 bits per heavy atom. The summed E-state index contributed by atoms with van der Waals surface area (Å²) in [6.07, 6.45) is 1.11. The molecule has 8 heteroatoms. The van der Waals surface area contributed by atoms with Gasteiger partial charge in [0.1, 0.15) is 0 Å². The van der Waals surface area contributed by atoms with Crippen molar-refractivity contribution in [3.8, 4) is 22.2 Å². The number of sulfonamides is 1. The number of hydrogen-bond acceptors (Lipinski definition) is 6. The van der Waals surface area contributed by atoms with Gasteiger partial charge < -0.3 is 4.52 Å². The van der Waals surface area contributed by atoms with E-state index in [0.29, 0.717) is 17.4 Å². The minimum absolute atomic E-state index is 0.466. The lowest BCUT2D eigenvalue weighted by Gasteiger charge is -2.03. The van der Waals surface area contributed by atoms with Gasteiger partial charge in [0.25, 0.3) is 5.89 Å². The second kappa shape index (κ2) is 5.54. The van der Waals surface area contributed by atoms with E-state index in [9.17, 15) is 8.42 Å². The zero-order valence-corrected chi connectivity index (χ0v) is 13.5. The highest BCUT2D eigenvalue weighted by Gasteiger charge is 2.13. The normalized spacial score (nSPS) is 11.5. The Bertz CT molecular complexity index is 896. The molecule has 2 aromatic heterocycles. The number of aryl methyl sites for hydroxylation is 1. The highest BCUT2D eigenvalue weighted by Crippen LogP contribution is 2.29. The fraction of sp³-hybridized carbons (Fsp3) is 0.143. The summed E-state index contributed by atoms with van der Waals surface area (Å²) in [6, 6.07) is 8.79. The maximum Gasteiger partial charge on any atom is 0.268 e. The summed E-state index contributed by atoms with van der Waals surface area (Å²) < 4.78 is 30.0. The van der Waals surface area contributed by atoms with E-state index in [1.54, 1.807) is 35.6 Å². The van der Waals surface area contributed by atoms with Gasteiger partial charge in [-0.1, -0.05) is 5.16 Å². The summed E-state index contributed by atoms with van der Waals surface area (Å²) in [4.78, 5) is 5.33. The first-order chi connectivity index (χ1) is 10.4. The fourth-order valence-electron chi connectivity index (χ4n) is 1.93. The molecule has 22 heavy (non-hydrogen) atoms. The molecule has 114 valence electrons. The Labute approximate surface area is 131 Å². The first-order valence-corrected chi connectivity index (χ1v) is 9.16. The number of nitrogens with zero attached hydrogens (tertiary/aromatic N) is 2. The van der Waals surface area contributed by atoms with Gasteiger partial charge in [-0.3, -0.25) is 4.72 Å². The van der Waals surface area contributed by atoms with Crippen molar-refractivity contribution in [1.29, 1.82) is 0 Å². The molecule has 0 aliphatic carbocycles. The van der Waals surface area contributed by atoms with Crippen molar-refractivity contribution in [2.45, 2.75) is 6.92 Å². The molecular formula is C14H13N3O3S2. The minimum atomic E-state index is -3.28. The molecule has 2 heterocycles. The lowest BCUT2D eigenvalue weighted by Crippen LogP contribution is -2.09. The molecule has 0 atom stereocenters. The van der Waals surface area contributed by atoms with Crippen molar-refractivity contribution in [2.75, 3.05) is 11.0 Å². The van der Waals surface area contributed by atoms with Gasteiger partial charge in [-0.2, -0.15) is 4.98 Å². The average molecular weight is 335 g/mol. The molecule has 0 saturated heterocycles. The van der Waals surface area contributed by atoms with Crippen LogP contribution in [-0.2, 0) is 10.0 Å². The van der Waals surface area contributed by atoms with Crippen LogP contribution in [0, 0.1) is 6.92 Å². The third kappa shape index (κ3) is 3.18. The molecule has 6 nitrogen and oxygen atoms in total. The minimum Gasteiger partial charge on any atom is -0.333 e. The maximum absolute atomic E-state index is 11.2. The molecule has 1 N–H and O–H groups in total. The van der Waals surface area contributed by atoms with Crippen molar-refractivity contribution in [3.05, 3.63) is 41.3 Å². The number of nitrogens with one attached hydrogen (secondary N) is 1. The van der Waals surface area contributed by atoms with Crippen LogP contribution < -0.4 is 4.72 Å². The van der Waals surface area contributed by atoms with E-state index >= 15 is 0 Å². The van der Waals surface area contributed by atoms with E-state index < -0.39 is 10.0 Å². The Morgan fingerprint density at radius 3 is 2.50 bits per heavy atom. The number of hydrogen-bond donors (Lipinski definition) is 1. The van der Waals surface area contributed by atoms with Crippen LogP contribution in [0.5, 0.6) is 0 Å². The molecular weight excluding hydrogens is 322 g/mol. The number of thiophene rings is 1. The predicted octanol–water partition coefficient (Wildman–Crippen LogP) is 3.15. The van der Waals surface area contributed by atoms with Crippen LogP contribution in [-0.4, -0.2) is 24.8 Å². The Hall–Kier alpha value is -2.19. The smallest absolute Gasteiger partial charge is 0.268 e. The van der Waals surface area contributed by atoms with E-state index in [-0.39, 0.29) is 0 Å². The molecule has 0 amide bonds. The molecule has 0 aliphatic heterocycles. The fourth-order valence-corrected chi connectivity index (χ4v) is 3.34. The van der Waals surface area contributed by atoms with E-state index in [0.717, 1.165) is 22.3 Å². The highest BCUT2D eigenvalue weighted by atomic mass is 32.2. The van der Waals surface area contributed by atoms with Crippen LogP contribution in [0.2, 0.25) is 0 Å². The average Bonchev–Trinajstić information content (AvgIpc) is 3.06. The van der Waals surface area contributed by atoms with Gasteiger partial charge in [-0.25, -0.2) is 8.42 Å². The van der Waals surface area contributed by atoms with Gasteiger partial charge in [0.05, 0.1) is 11.1 Å². The third-order valence-electron chi connectivity index (χ3n) is 2.93. The third-order valence-corrected chi connectivity index (χ3v) is 4.54. The quantitative estimate of drug-likeness (QED) is 0.791. The zero-order valence-electron chi connectivity index (χ0n) is 11.9. The first kappa shape index (κ1) is 14.7. The van der Waals surface area contributed by atoms with Gasteiger partial charge in [0, 0.05) is 11.3 Å². The van der Waals surface area contributed by atoms with E-state index in [4.69, 9.17) is 4.52 Å². The standard InChI is InChI=1S/C14H13N3O3S2/c1-9-7-8-21-12(9)14-15-13(16-20-14)10-3-5-11(6-4-10)17-22(2,18)19/h3-8,17H,1-2H3. The molecule has 0 spiro atoms. The Morgan fingerprint density at radius 2 is 1.91 bits per heavy atom. The Balaban J connectivity index is 1.86. The molecule has 1 aromatic carbocycles. The summed E-state index contributed by atoms with van der Waals surface area (Å²) in [5, 5.41) is 5.94. The second-order valence-electron chi connectivity index (χ2n) is 4.81. The van der Waals surface area contributed by atoms with Crippen LogP contribution in [0.4, 0.5) is 5.69 Å². The number of aromatic nitrogens is 2. The molecule has 3 rings (SSSR count). The molecule has 0 fully saturated rings. The lowest BCUT2D eigenvalue weighted by atomic mass is 10.2. The SMILES string of the molecule is Cc1ccsc1-c1nc(-c2ccc(NS(C)(=O)=O)cc2)no1. The predicted molar refractivity (Wildman–Crippen MR) is 86.3 cm³/mol. The van der Waals surface area contributed by atoms with Gasteiger partial charge in [0.15, 0.2) is 0 Å². The number of rotatable bonds is 4. The van der Waals surface area contributed by atoms with Crippen LogP contribution in [0.1, 0.15) is 5.56 Å². The summed E-state index contributed by atoms with van der Waals surface area (Å²) in [5.74, 6) is 0.953. The van der Waals surface area contributed by atoms with Crippen molar-refractivity contribution in [3.63, 3.8) is 0 Å². The van der Waals surface area contributed by atoms with Crippen LogP contribution in [0.25, 0.3) is 22.2 Å². The summed E-state index contributed by atoms with van der Waals surface area (Å²) in [5.41, 5.74) is 2.33. The van der Waals surface area contributed by atoms with Gasteiger partial charge in [-0.15, -0.1) is 11.3 Å². The molecule has 0 radical (unpaired) electrons. The van der Waals surface area contributed by atoms with Crippen molar-refractivity contribution >= 4 is 27.0 Å². The zero-order chi connectivity index (χ0) is 15.7. The van der Waals surface area contributed by atoms with Gasteiger partial charge >= 0.3 is 0 Å². The topological polar surface area (TPSA) is 85.1 Å². The summed E-state index contributed by atoms with van der Waals surface area (Å²) in [6.45, 7) is 1.99. The van der Waals surface area contributed by atoms with E-state index in [1.807, 2.05) is 18.4 Å². The maximum atomic E-state index is 11.2. The van der Waals surface area contributed by atoms with Crippen LogP contribution >= 0.6 is 11.3 Å². The summed E-state index contributed by atoms with van der Waals surface area (Å²) >= 11 is 1.55. The van der Waals surface area contributed by atoms with Gasteiger partial charge in [-0.05, 0) is 48.2 Å². The molecule has 0 bridgehead atoms. The number of benzene rings is 1. The van der Waals surface area contributed by atoms with Crippen molar-refractivity contribution in [2.24, 2.45) is 0 Å². The number of anilines is 1. The van der Waals surface area contributed by atoms with Crippen LogP contribution in [0.15, 0.2) is 40.2 Å². The second-order valence-corrected chi connectivity index (χ2v) is 7.47. The lowest BCUT2D eigenvalue weighted by molar-refractivity contribution is 0.433. The molecule has 0 aliphatic rings. The van der Waals surface area contributed by atoms with Gasteiger partial charge in [0.2, 0.25) is 15.8 Å². The molecule has 0 unspecified atom stereocenters. The summed E-state index contributed by atoms with van der Waals surface area (Å²) in [7, 11) is -3.28. The highest BCUT2D eigenvalue weighted by molar-refractivity contribution is 7.92. The van der Waals surface area contributed by atoms with E-state index in [2.05, 4.69) is 14.9 Å². The van der Waals surface area contributed by atoms with E-state index in [1.165, 1.54) is 0 Å². The monoisotopic (exact) mass is 335 g/mol. The molecule has 3 aromatic rings. The largest absolute Gasteiger partial charge is 0.333 e. The van der Waals surface area contributed by atoms with Crippen molar-refractivity contribution < 1.29 is 12.9 Å². The van der Waals surface area contributed by atoms with Crippen LogP contribution in [0.3, 0.4) is 0 Å². The van der Waals surface area contributed by atoms with Crippen molar-refractivity contribution in [1.82, 2.24) is 10.1 Å². The molecule has 0 saturated carbocycles. The Kier molecular flexibility index (Phi) is 3.71. The first-order valence-electron chi connectivity index (χ1n) is 6.39.